The lowest BCUT2D eigenvalue weighted by Crippen LogP contribution is -2.18. The number of rotatable bonds is 4. The topological polar surface area (TPSA) is 66.5 Å². The van der Waals surface area contributed by atoms with Crippen molar-refractivity contribution in [3.8, 4) is 0 Å². The van der Waals surface area contributed by atoms with Gasteiger partial charge in [0, 0.05) is 6.04 Å². The first-order chi connectivity index (χ1) is 7.75. The highest BCUT2D eigenvalue weighted by molar-refractivity contribution is 5.23. The predicted octanol–water partition coefficient (Wildman–Crippen LogP) is 1.36. The van der Waals surface area contributed by atoms with Crippen molar-refractivity contribution in [1.82, 2.24) is 25.9 Å². The van der Waals surface area contributed by atoms with Crippen molar-refractivity contribution in [3.63, 3.8) is 0 Å². The SMILES string of the molecule is Cc1ccc(C(C)NCc2nn[nH]n2)cc1. The van der Waals surface area contributed by atoms with Crippen molar-refractivity contribution in [2.45, 2.75) is 26.4 Å². The van der Waals surface area contributed by atoms with Gasteiger partial charge >= 0.3 is 0 Å². The van der Waals surface area contributed by atoms with E-state index in [0.29, 0.717) is 12.4 Å². The van der Waals surface area contributed by atoms with Gasteiger partial charge in [0.15, 0.2) is 5.82 Å². The van der Waals surface area contributed by atoms with E-state index in [2.05, 4.69) is 64.1 Å². The van der Waals surface area contributed by atoms with Gasteiger partial charge in [0.2, 0.25) is 0 Å². The summed E-state index contributed by atoms with van der Waals surface area (Å²) in [4.78, 5) is 0. The fourth-order valence-electron chi connectivity index (χ4n) is 1.47. The Hall–Kier alpha value is -1.75. The zero-order valence-corrected chi connectivity index (χ0v) is 9.44. The minimum absolute atomic E-state index is 0.277. The first-order valence-electron chi connectivity index (χ1n) is 5.28. The van der Waals surface area contributed by atoms with Crippen LogP contribution >= 0.6 is 0 Å². The molecule has 84 valence electrons. The molecule has 1 atom stereocenters. The van der Waals surface area contributed by atoms with Gasteiger partial charge in [0.1, 0.15) is 0 Å². The maximum Gasteiger partial charge on any atom is 0.188 e. The number of hydrogen-bond donors (Lipinski definition) is 2. The number of tetrazole rings is 1. The van der Waals surface area contributed by atoms with Gasteiger partial charge in [-0.1, -0.05) is 35.0 Å². The molecule has 1 aromatic heterocycles. The third-order valence-corrected chi connectivity index (χ3v) is 2.53. The van der Waals surface area contributed by atoms with Crippen molar-refractivity contribution in [2.75, 3.05) is 0 Å². The number of aryl methyl sites for hydroxylation is 1. The fourth-order valence-corrected chi connectivity index (χ4v) is 1.47. The van der Waals surface area contributed by atoms with E-state index in [1.54, 1.807) is 0 Å². The normalized spacial score (nSPS) is 12.6. The summed E-state index contributed by atoms with van der Waals surface area (Å²) in [6.45, 7) is 4.82. The Balaban J connectivity index is 1.93. The highest BCUT2D eigenvalue weighted by atomic mass is 15.5. The second-order valence-electron chi connectivity index (χ2n) is 3.84. The quantitative estimate of drug-likeness (QED) is 0.811. The molecule has 0 fully saturated rings. The van der Waals surface area contributed by atoms with Crippen LogP contribution in [-0.4, -0.2) is 20.6 Å². The van der Waals surface area contributed by atoms with Crippen molar-refractivity contribution in [3.05, 3.63) is 41.2 Å². The van der Waals surface area contributed by atoms with Crippen LogP contribution < -0.4 is 5.32 Å². The molecule has 2 aromatic rings. The van der Waals surface area contributed by atoms with Crippen LogP contribution in [0.25, 0.3) is 0 Å². The Labute approximate surface area is 94.3 Å². The lowest BCUT2D eigenvalue weighted by atomic mass is 10.1. The van der Waals surface area contributed by atoms with Crippen LogP contribution in [0.4, 0.5) is 0 Å². The summed E-state index contributed by atoms with van der Waals surface area (Å²) in [5.74, 6) is 0.680. The van der Waals surface area contributed by atoms with Crippen LogP contribution in [0.15, 0.2) is 24.3 Å². The molecule has 16 heavy (non-hydrogen) atoms. The molecule has 0 bridgehead atoms. The lowest BCUT2D eigenvalue weighted by molar-refractivity contribution is 0.559. The Morgan fingerprint density at radius 3 is 2.69 bits per heavy atom. The summed E-state index contributed by atoms with van der Waals surface area (Å²) in [7, 11) is 0. The third kappa shape index (κ3) is 2.64. The number of hydrogen-bond acceptors (Lipinski definition) is 4. The average molecular weight is 217 g/mol. The lowest BCUT2D eigenvalue weighted by Gasteiger charge is -2.12. The van der Waals surface area contributed by atoms with Crippen LogP contribution in [0.3, 0.4) is 0 Å². The largest absolute Gasteiger partial charge is 0.303 e. The molecule has 0 saturated heterocycles. The second kappa shape index (κ2) is 4.85. The molecule has 0 radical (unpaired) electrons. The summed E-state index contributed by atoms with van der Waals surface area (Å²) in [6.07, 6.45) is 0. The molecular formula is C11H15N5. The minimum atomic E-state index is 0.277. The van der Waals surface area contributed by atoms with Crippen molar-refractivity contribution >= 4 is 0 Å². The van der Waals surface area contributed by atoms with Crippen molar-refractivity contribution in [1.29, 1.82) is 0 Å². The van der Waals surface area contributed by atoms with Gasteiger partial charge in [-0.25, -0.2) is 0 Å². The smallest absolute Gasteiger partial charge is 0.188 e. The third-order valence-electron chi connectivity index (χ3n) is 2.53. The molecule has 0 saturated carbocycles. The van der Waals surface area contributed by atoms with Crippen LogP contribution in [0.5, 0.6) is 0 Å². The number of aromatic nitrogens is 4. The number of nitrogens with zero attached hydrogens (tertiary/aromatic N) is 3. The minimum Gasteiger partial charge on any atom is -0.303 e. The standard InChI is InChI=1S/C11H15N5/c1-8-3-5-10(6-4-8)9(2)12-7-11-13-15-16-14-11/h3-6,9,12H,7H2,1-2H3,(H,13,14,15,16). The molecular weight excluding hydrogens is 202 g/mol. The van der Waals surface area contributed by atoms with E-state index in [-0.39, 0.29) is 6.04 Å². The van der Waals surface area contributed by atoms with Crippen molar-refractivity contribution in [2.24, 2.45) is 0 Å². The van der Waals surface area contributed by atoms with Gasteiger partial charge in [-0.05, 0) is 19.4 Å². The van der Waals surface area contributed by atoms with Crippen LogP contribution in [0.1, 0.15) is 29.9 Å². The summed E-state index contributed by atoms with van der Waals surface area (Å²) < 4.78 is 0. The van der Waals surface area contributed by atoms with E-state index >= 15 is 0 Å². The molecule has 0 spiro atoms. The summed E-state index contributed by atoms with van der Waals surface area (Å²) >= 11 is 0. The number of H-pyrrole nitrogens is 1. The van der Waals surface area contributed by atoms with Crippen LogP contribution in [0.2, 0.25) is 0 Å². The highest BCUT2D eigenvalue weighted by Gasteiger charge is 2.05. The monoisotopic (exact) mass is 217 g/mol. The van der Waals surface area contributed by atoms with E-state index in [9.17, 15) is 0 Å². The van der Waals surface area contributed by atoms with Crippen LogP contribution in [-0.2, 0) is 6.54 Å². The van der Waals surface area contributed by atoms with Crippen LogP contribution in [0, 0.1) is 6.92 Å². The Bertz CT molecular complexity index is 420. The highest BCUT2D eigenvalue weighted by Crippen LogP contribution is 2.13. The zero-order valence-electron chi connectivity index (χ0n) is 9.44. The van der Waals surface area contributed by atoms with Gasteiger partial charge in [0.25, 0.3) is 0 Å². The number of nitrogens with one attached hydrogen (secondary N) is 2. The van der Waals surface area contributed by atoms with E-state index in [4.69, 9.17) is 0 Å². The molecule has 0 amide bonds. The second-order valence-corrected chi connectivity index (χ2v) is 3.84. The summed E-state index contributed by atoms with van der Waals surface area (Å²) in [5.41, 5.74) is 2.53. The first kappa shape index (κ1) is 10.8. The van der Waals surface area contributed by atoms with Crippen molar-refractivity contribution < 1.29 is 0 Å². The number of aromatic amines is 1. The zero-order chi connectivity index (χ0) is 11.4. The van der Waals surface area contributed by atoms with Gasteiger partial charge in [0.05, 0.1) is 6.54 Å². The van der Waals surface area contributed by atoms with Gasteiger partial charge in [-0.2, -0.15) is 5.21 Å². The maximum absolute atomic E-state index is 3.89. The molecule has 0 aliphatic rings. The Morgan fingerprint density at radius 1 is 1.31 bits per heavy atom. The molecule has 1 unspecified atom stereocenters. The Morgan fingerprint density at radius 2 is 2.06 bits per heavy atom. The molecule has 5 nitrogen and oxygen atoms in total. The van der Waals surface area contributed by atoms with E-state index in [0.717, 1.165) is 0 Å². The molecule has 5 heteroatoms. The van der Waals surface area contributed by atoms with Gasteiger partial charge < -0.3 is 5.32 Å². The maximum atomic E-state index is 3.89. The molecule has 0 aliphatic heterocycles. The molecule has 1 heterocycles. The average Bonchev–Trinajstić information content (AvgIpc) is 2.80. The Kier molecular flexibility index (Phi) is 3.26. The fraction of sp³-hybridized carbons (Fsp3) is 0.364. The van der Waals surface area contributed by atoms with E-state index < -0.39 is 0 Å². The summed E-state index contributed by atoms with van der Waals surface area (Å²) in [6, 6.07) is 8.76. The predicted molar refractivity (Wildman–Crippen MR) is 60.6 cm³/mol. The first-order valence-corrected chi connectivity index (χ1v) is 5.28. The number of benzene rings is 1. The van der Waals surface area contributed by atoms with Gasteiger partial charge in [-0.3, -0.25) is 0 Å². The summed E-state index contributed by atoms with van der Waals surface area (Å²) in [5, 5.41) is 17.0. The van der Waals surface area contributed by atoms with Gasteiger partial charge in [-0.15, -0.1) is 10.2 Å². The molecule has 0 aliphatic carbocycles. The molecule has 2 rings (SSSR count). The molecule has 1 aromatic carbocycles. The molecule has 2 N–H and O–H groups in total. The van der Waals surface area contributed by atoms with E-state index in [1.165, 1.54) is 11.1 Å². The van der Waals surface area contributed by atoms with E-state index in [1.807, 2.05) is 0 Å².